The van der Waals surface area contributed by atoms with E-state index in [-0.39, 0.29) is 0 Å². The van der Waals surface area contributed by atoms with Crippen molar-refractivity contribution >= 4 is 11.5 Å². The first-order valence-corrected chi connectivity index (χ1v) is 4.09. The molecule has 0 spiro atoms. The highest BCUT2D eigenvalue weighted by molar-refractivity contribution is 5.85. The fourth-order valence-electron chi connectivity index (χ4n) is 1.25. The predicted molar refractivity (Wildman–Crippen MR) is 49.3 cm³/mol. The van der Waals surface area contributed by atoms with E-state index in [4.69, 9.17) is 0 Å². The lowest BCUT2D eigenvalue weighted by molar-refractivity contribution is 0.896. The van der Waals surface area contributed by atoms with Gasteiger partial charge in [-0.1, -0.05) is 6.07 Å². The van der Waals surface area contributed by atoms with E-state index in [0.717, 1.165) is 18.8 Å². The standard InChI is InChI=1S/C9H11N3/c1-8-5-7-12(11-8)9-4-2-3-6-10-9/h2-4,6H,5,7H2,1H3. The molecule has 1 aliphatic rings. The second-order valence-electron chi connectivity index (χ2n) is 2.90. The summed E-state index contributed by atoms with van der Waals surface area (Å²) in [6.07, 6.45) is 2.84. The number of hydrogen-bond donors (Lipinski definition) is 0. The molecule has 2 heterocycles. The van der Waals surface area contributed by atoms with Gasteiger partial charge in [0.15, 0.2) is 0 Å². The fourth-order valence-corrected chi connectivity index (χ4v) is 1.25. The third-order valence-electron chi connectivity index (χ3n) is 1.89. The first-order chi connectivity index (χ1) is 5.86. The van der Waals surface area contributed by atoms with Crippen molar-refractivity contribution < 1.29 is 0 Å². The Labute approximate surface area is 71.7 Å². The van der Waals surface area contributed by atoms with Gasteiger partial charge >= 0.3 is 0 Å². The Hall–Kier alpha value is -1.38. The zero-order valence-electron chi connectivity index (χ0n) is 7.07. The van der Waals surface area contributed by atoms with Crippen molar-refractivity contribution in [3.05, 3.63) is 24.4 Å². The van der Waals surface area contributed by atoms with Gasteiger partial charge in [0, 0.05) is 24.9 Å². The van der Waals surface area contributed by atoms with Crippen LogP contribution in [0.25, 0.3) is 0 Å². The van der Waals surface area contributed by atoms with Crippen LogP contribution in [0.15, 0.2) is 29.5 Å². The number of rotatable bonds is 1. The third kappa shape index (κ3) is 1.30. The maximum Gasteiger partial charge on any atom is 0.148 e. The number of anilines is 1. The van der Waals surface area contributed by atoms with Crippen molar-refractivity contribution in [1.82, 2.24) is 4.98 Å². The fraction of sp³-hybridized carbons (Fsp3) is 0.333. The van der Waals surface area contributed by atoms with Gasteiger partial charge in [-0.25, -0.2) is 9.99 Å². The van der Waals surface area contributed by atoms with Crippen LogP contribution in [-0.2, 0) is 0 Å². The van der Waals surface area contributed by atoms with Gasteiger partial charge in [-0.15, -0.1) is 0 Å². The van der Waals surface area contributed by atoms with Crippen molar-refractivity contribution in [2.45, 2.75) is 13.3 Å². The Balaban J connectivity index is 2.22. The molecule has 0 saturated carbocycles. The van der Waals surface area contributed by atoms with E-state index in [1.807, 2.05) is 30.1 Å². The van der Waals surface area contributed by atoms with Gasteiger partial charge < -0.3 is 0 Å². The predicted octanol–water partition coefficient (Wildman–Crippen LogP) is 1.67. The highest BCUT2D eigenvalue weighted by Gasteiger charge is 2.12. The molecule has 62 valence electrons. The van der Waals surface area contributed by atoms with Gasteiger partial charge in [0.05, 0.1) is 0 Å². The Kier molecular flexibility index (Phi) is 1.78. The molecule has 0 aromatic carbocycles. The van der Waals surface area contributed by atoms with Crippen LogP contribution in [0.4, 0.5) is 5.82 Å². The van der Waals surface area contributed by atoms with Gasteiger partial charge in [-0.05, 0) is 19.1 Å². The summed E-state index contributed by atoms with van der Waals surface area (Å²) in [5.41, 5.74) is 1.18. The van der Waals surface area contributed by atoms with E-state index in [0.29, 0.717) is 0 Å². The molecule has 1 aliphatic heterocycles. The van der Waals surface area contributed by atoms with Crippen molar-refractivity contribution in [1.29, 1.82) is 0 Å². The quantitative estimate of drug-likeness (QED) is 0.626. The molecular weight excluding hydrogens is 150 g/mol. The van der Waals surface area contributed by atoms with Gasteiger partial charge in [0.25, 0.3) is 0 Å². The van der Waals surface area contributed by atoms with Crippen molar-refractivity contribution in [2.24, 2.45) is 5.10 Å². The van der Waals surface area contributed by atoms with Gasteiger partial charge in [0.1, 0.15) is 5.82 Å². The molecule has 0 N–H and O–H groups in total. The lowest BCUT2D eigenvalue weighted by atomic mass is 10.3. The lowest BCUT2D eigenvalue weighted by Crippen LogP contribution is -2.12. The molecule has 0 unspecified atom stereocenters. The van der Waals surface area contributed by atoms with Gasteiger partial charge in [-0.2, -0.15) is 5.10 Å². The second kappa shape index (κ2) is 2.93. The normalized spacial score (nSPS) is 16.4. The molecule has 0 fully saturated rings. The van der Waals surface area contributed by atoms with Crippen molar-refractivity contribution in [3.8, 4) is 0 Å². The van der Waals surface area contributed by atoms with E-state index in [1.54, 1.807) is 6.20 Å². The summed E-state index contributed by atoms with van der Waals surface area (Å²) in [7, 11) is 0. The summed E-state index contributed by atoms with van der Waals surface area (Å²) in [4.78, 5) is 4.21. The first-order valence-electron chi connectivity index (χ1n) is 4.09. The number of pyridine rings is 1. The summed E-state index contributed by atoms with van der Waals surface area (Å²) in [5, 5.41) is 6.29. The number of hydrazone groups is 1. The topological polar surface area (TPSA) is 28.5 Å². The van der Waals surface area contributed by atoms with Gasteiger partial charge in [0.2, 0.25) is 0 Å². The number of nitrogens with zero attached hydrogens (tertiary/aromatic N) is 3. The SMILES string of the molecule is CC1=NN(c2ccccn2)CC1. The minimum atomic E-state index is 0.939. The summed E-state index contributed by atoms with van der Waals surface area (Å²) in [6, 6.07) is 5.86. The molecule has 1 aromatic heterocycles. The summed E-state index contributed by atoms with van der Waals surface area (Å²) >= 11 is 0. The third-order valence-corrected chi connectivity index (χ3v) is 1.89. The Bertz CT molecular complexity index is 292. The molecular formula is C9H11N3. The Morgan fingerprint density at radius 2 is 2.33 bits per heavy atom. The summed E-state index contributed by atoms with van der Waals surface area (Å²) in [5.74, 6) is 0.939. The van der Waals surface area contributed by atoms with E-state index >= 15 is 0 Å². The first kappa shape index (κ1) is 7.28. The zero-order valence-corrected chi connectivity index (χ0v) is 7.07. The largest absolute Gasteiger partial charge is 0.248 e. The molecule has 0 aliphatic carbocycles. The van der Waals surface area contributed by atoms with E-state index < -0.39 is 0 Å². The smallest absolute Gasteiger partial charge is 0.148 e. The maximum absolute atomic E-state index is 4.35. The number of aromatic nitrogens is 1. The number of hydrogen-bond acceptors (Lipinski definition) is 3. The minimum absolute atomic E-state index is 0.939. The van der Waals surface area contributed by atoms with E-state index in [1.165, 1.54) is 5.71 Å². The zero-order chi connectivity index (χ0) is 8.39. The molecule has 0 amide bonds. The lowest BCUT2D eigenvalue weighted by Gasteiger charge is -2.10. The van der Waals surface area contributed by atoms with Crippen LogP contribution in [0, 0.1) is 0 Å². The van der Waals surface area contributed by atoms with Crippen LogP contribution < -0.4 is 5.01 Å². The molecule has 3 nitrogen and oxygen atoms in total. The maximum atomic E-state index is 4.35. The van der Waals surface area contributed by atoms with Crippen LogP contribution in [0.2, 0.25) is 0 Å². The monoisotopic (exact) mass is 161 g/mol. The van der Waals surface area contributed by atoms with Crippen LogP contribution >= 0.6 is 0 Å². The molecule has 0 atom stereocenters. The highest BCUT2D eigenvalue weighted by Crippen LogP contribution is 2.14. The molecule has 2 rings (SSSR count). The molecule has 0 bridgehead atoms. The molecule has 12 heavy (non-hydrogen) atoms. The average molecular weight is 161 g/mol. The summed E-state index contributed by atoms with van der Waals surface area (Å²) < 4.78 is 0. The summed E-state index contributed by atoms with van der Waals surface area (Å²) in [6.45, 7) is 3.01. The molecule has 3 heteroatoms. The Morgan fingerprint density at radius 3 is 2.92 bits per heavy atom. The van der Waals surface area contributed by atoms with Crippen LogP contribution in [0.3, 0.4) is 0 Å². The second-order valence-corrected chi connectivity index (χ2v) is 2.90. The Morgan fingerprint density at radius 1 is 1.42 bits per heavy atom. The van der Waals surface area contributed by atoms with E-state index in [9.17, 15) is 0 Å². The highest BCUT2D eigenvalue weighted by atomic mass is 15.5. The van der Waals surface area contributed by atoms with Crippen LogP contribution in [-0.4, -0.2) is 17.2 Å². The average Bonchev–Trinajstić information content (AvgIpc) is 2.54. The van der Waals surface area contributed by atoms with Crippen molar-refractivity contribution in [2.75, 3.05) is 11.6 Å². The van der Waals surface area contributed by atoms with E-state index in [2.05, 4.69) is 10.1 Å². The van der Waals surface area contributed by atoms with Crippen LogP contribution in [0.1, 0.15) is 13.3 Å². The van der Waals surface area contributed by atoms with Crippen LogP contribution in [0.5, 0.6) is 0 Å². The molecule has 1 aromatic rings. The molecule has 0 radical (unpaired) electrons. The van der Waals surface area contributed by atoms with Crippen molar-refractivity contribution in [3.63, 3.8) is 0 Å². The minimum Gasteiger partial charge on any atom is -0.248 e. The van der Waals surface area contributed by atoms with Gasteiger partial charge in [-0.3, -0.25) is 0 Å². The molecule has 0 saturated heterocycles.